The van der Waals surface area contributed by atoms with Gasteiger partial charge in [0.15, 0.2) is 23.0 Å². The molecule has 0 spiro atoms. The number of rotatable bonds is 7. The predicted molar refractivity (Wildman–Crippen MR) is 88.9 cm³/mol. The number of alkyl halides is 2. The van der Waals surface area contributed by atoms with Crippen LogP contribution in [0.5, 0.6) is 11.5 Å². The van der Waals surface area contributed by atoms with E-state index in [0.29, 0.717) is 30.4 Å². The van der Waals surface area contributed by atoms with Gasteiger partial charge in [0.2, 0.25) is 0 Å². The molecule has 0 aliphatic carbocycles. The van der Waals surface area contributed by atoms with E-state index in [0.717, 1.165) is 13.0 Å². The molecule has 8 nitrogen and oxygen atoms in total. The lowest BCUT2D eigenvalue weighted by molar-refractivity contribution is -0.286. The molecule has 2 aliphatic heterocycles. The zero-order valence-corrected chi connectivity index (χ0v) is 14.8. The first-order chi connectivity index (χ1) is 13.5. The minimum atomic E-state index is -3.65. The Balaban J connectivity index is 1.24. The van der Waals surface area contributed by atoms with Gasteiger partial charge in [-0.15, -0.1) is 8.78 Å². The van der Waals surface area contributed by atoms with Gasteiger partial charge >= 0.3 is 6.29 Å². The van der Waals surface area contributed by atoms with E-state index in [9.17, 15) is 13.6 Å². The van der Waals surface area contributed by atoms with Crippen molar-refractivity contribution in [3.8, 4) is 11.5 Å². The lowest BCUT2D eigenvalue weighted by Crippen LogP contribution is -2.29. The van der Waals surface area contributed by atoms with Gasteiger partial charge in [-0.25, -0.2) is 0 Å². The molecule has 10 heteroatoms. The van der Waals surface area contributed by atoms with E-state index in [1.165, 1.54) is 18.2 Å². The number of hydrogen-bond donors (Lipinski definition) is 1. The molecule has 1 aromatic carbocycles. The third-order valence-electron chi connectivity index (χ3n) is 4.35. The molecular weight excluding hydrogens is 378 g/mol. The summed E-state index contributed by atoms with van der Waals surface area (Å²) in [6, 6.07) is 5.90. The fraction of sp³-hybridized carbons (Fsp3) is 0.444. The first-order valence-corrected chi connectivity index (χ1v) is 8.76. The third kappa shape index (κ3) is 4.39. The molecule has 2 aliphatic rings. The Bertz CT molecular complexity index is 850. The number of ether oxygens (including phenoxy) is 4. The average Bonchev–Trinajstić information content (AvgIpc) is 3.38. The zero-order valence-electron chi connectivity index (χ0n) is 14.8. The van der Waals surface area contributed by atoms with Gasteiger partial charge in [-0.2, -0.15) is 0 Å². The Morgan fingerprint density at radius 2 is 2.11 bits per heavy atom. The van der Waals surface area contributed by atoms with E-state index in [1.807, 2.05) is 0 Å². The zero-order chi connectivity index (χ0) is 19.6. The fourth-order valence-corrected chi connectivity index (χ4v) is 2.91. The number of nitrogens with zero attached hydrogens (tertiary/aromatic N) is 1. The summed E-state index contributed by atoms with van der Waals surface area (Å²) in [5.74, 6) is 0.307. The molecule has 3 heterocycles. The molecule has 28 heavy (non-hydrogen) atoms. The Morgan fingerprint density at radius 1 is 1.25 bits per heavy atom. The van der Waals surface area contributed by atoms with E-state index in [2.05, 4.69) is 19.9 Å². The second kappa shape index (κ2) is 7.72. The third-order valence-corrected chi connectivity index (χ3v) is 4.35. The summed E-state index contributed by atoms with van der Waals surface area (Å²) >= 11 is 0. The number of benzene rings is 1. The summed E-state index contributed by atoms with van der Waals surface area (Å²) in [6.45, 7) is 2.10. The fourth-order valence-electron chi connectivity index (χ4n) is 2.91. The highest BCUT2D eigenvalue weighted by Gasteiger charge is 2.43. The van der Waals surface area contributed by atoms with Gasteiger partial charge in [-0.05, 0) is 24.1 Å². The molecule has 150 valence electrons. The highest BCUT2D eigenvalue weighted by Crippen LogP contribution is 2.41. The summed E-state index contributed by atoms with van der Waals surface area (Å²) in [4.78, 5) is 12.1. The van der Waals surface area contributed by atoms with Crippen LogP contribution in [-0.4, -0.2) is 37.1 Å². The number of carbonyl (C=O) groups is 1. The number of carbonyl (C=O) groups excluding carboxylic acids is 1. The van der Waals surface area contributed by atoms with Crippen LogP contribution in [-0.2, 0) is 22.7 Å². The van der Waals surface area contributed by atoms with Crippen molar-refractivity contribution in [2.75, 3.05) is 19.8 Å². The second-order valence-corrected chi connectivity index (χ2v) is 6.56. The van der Waals surface area contributed by atoms with E-state index in [1.54, 1.807) is 6.07 Å². The van der Waals surface area contributed by atoms with Crippen molar-refractivity contribution in [3.05, 3.63) is 41.3 Å². The molecule has 1 fully saturated rings. The largest absolute Gasteiger partial charge is 0.586 e. The minimum Gasteiger partial charge on any atom is -0.395 e. The molecule has 1 amide bonds. The number of amides is 1. The Labute approximate surface area is 158 Å². The van der Waals surface area contributed by atoms with Crippen molar-refractivity contribution >= 4 is 5.91 Å². The molecule has 0 radical (unpaired) electrons. The molecule has 4 rings (SSSR count). The van der Waals surface area contributed by atoms with Gasteiger partial charge in [0.1, 0.15) is 6.61 Å². The van der Waals surface area contributed by atoms with Crippen LogP contribution >= 0.6 is 0 Å². The van der Waals surface area contributed by atoms with E-state index >= 15 is 0 Å². The molecule has 1 N–H and O–H groups in total. The average molecular weight is 396 g/mol. The summed E-state index contributed by atoms with van der Waals surface area (Å²) in [5, 5.41) is 6.53. The monoisotopic (exact) mass is 396 g/mol. The predicted octanol–water partition coefficient (Wildman–Crippen LogP) is 2.48. The number of hydrogen-bond acceptors (Lipinski definition) is 7. The topological polar surface area (TPSA) is 92.1 Å². The van der Waals surface area contributed by atoms with Crippen LogP contribution < -0.4 is 14.8 Å². The minimum absolute atomic E-state index is 0.0243. The summed E-state index contributed by atoms with van der Waals surface area (Å²) in [7, 11) is 0. The lowest BCUT2D eigenvalue weighted by atomic mass is 10.1. The van der Waals surface area contributed by atoms with Gasteiger partial charge in [0, 0.05) is 25.1 Å². The lowest BCUT2D eigenvalue weighted by Gasteiger charge is -2.07. The van der Waals surface area contributed by atoms with E-state index in [4.69, 9.17) is 14.0 Å². The summed E-state index contributed by atoms with van der Waals surface area (Å²) in [6.07, 6.45) is -2.72. The van der Waals surface area contributed by atoms with Crippen LogP contribution in [0.25, 0.3) is 0 Å². The van der Waals surface area contributed by atoms with Gasteiger partial charge < -0.3 is 28.8 Å². The van der Waals surface area contributed by atoms with Crippen molar-refractivity contribution in [3.63, 3.8) is 0 Å². The highest BCUT2D eigenvalue weighted by molar-refractivity contribution is 5.92. The standard InChI is InChI=1S/C18H18F2N2O6/c19-18(20)26-15-2-1-11(5-16(15)27-18)8-25-10-13-6-14(22-28-13)17(23)21-7-12-3-4-24-9-12/h1-2,5-6,12H,3-4,7-10H2,(H,21,23). The number of nitrogens with one attached hydrogen (secondary N) is 1. The molecular formula is C18H18F2N2O6. The normalized spacial score (nSPS) is 19.7. The molecule has 2 aromatic rings. The van der Waals surface area contributed by atoms with Crippen molar-refractivity contribution in [1.29, 1.82) is 0 Å². The quantitative estimate of drug-likeness (QED) is 0.769. The van der Waals surface area contributed by atoms with Gasteiger partial charge in [0.05, 0.1) is 13.2 Å². The van der Waals surface area contributed by atoms with Gasteiger partial charge in [-0.3, -0.25) is 4.79 Å². The molecule has 1 unspecified atom stereocenters. The maximum absolute atomic E-state index is 13.0. The van der Waals surface area contributed by atoms with Crippen molar-refractivity contribution in [1.82, 2.24) is 10.5 Å². The summed E-state index contributed by atoms with van der Waals surface area (Å²) in [5.41, 5.74) is 0.791. The van der Waals surface area contributed by atoms with Crippen LogP contribution in [0.3, 0.4) is 0 Å². The van der Waals surface area contributed by atoms with Crippen LogP contribution in [0.4, 0.5) is 8.78 Å². The smallest absolute Gasteiger partial charge is 0.395 e. The SMILES string of the molecule is O=C(NCC1CCOC1)c1cc(COCc2ccc3c(c2)OC(F)(F)O3)on1. The van der Waals surface area contributed by atoms with Gasteiger partial charge in [0.25, 0.3) is 5.91 Å². The first kappa shape index (κ1) is 18.6. The molecule has 0 bridgehead atoms. The van der Waals surface area contributed by atoms with Crippen molar-refractivity contribution < 1.29 is 37.0 Å². The molecule has 1 atom stereocenters. The molecule has 1 saturated heterocycles. The molecule has 1 aromatic heterocycles. The van der Waals surface area contributed by atoms with Gasteiger partial charge in [-0.1, -0.05) is 11.2 Å². The van der Waals surface area contributed by atoms with E-state index in [-0.39, 0.29) is 36.3 Å². The highest BCUT2D eigenvalue weighted by atomic mass is 19.3. The maximum atomic E-state index is 13.0. The summed E-state index contributed by atoms with van der Waals surface area (Å²) < 4.78 is 50.6. The second-order valence-electron chi connectivity index (χ2n) is 6.56. The number of fused-ring (bicyclic) bond motifs is 1. The van der Waals surface area contributed by atoms with Crippen LogP contribution in [0.1, 0.15) is 28.2 Å². The van der Waals surface area contributed by atoms with Crippen LogP contribution in [0, 0.1) is 5.92 Å². The van der Waals surface area contributed by atoms with Crippen LogP contribution in [0.2, 0.25) is 0 Å². The van der Waals surface area contributed by atoms with Crippen molar-refractivity contribution in [2.24, 2.45) is 5.92 Å². The molecule has 0 saturated carbocycles. The Hall–Kier alpha value is -2.72. The van der Waals surface area contributed by atoms with Crippen LogP contribution in [0.15, 0.2) is 28.8 Å². The maximum Gasteiger partial charge on any atom is 0.586 e. The number of aromatic nitrogens is 1. The first-order valence-electron chi connectivity index (χ1n) is 8.76. The van der Waals surface area contributed by atoms with Crippen molar-refractivity contribution in [2.45, 2.75) is 25.9 Å². The Kier molecular flexibility index (Phi) is 5.14. The Morgan fingerprint density at radius 3 is 2.93 bits per heavy atom. The van der Waals surface area contributed by atoms with E-state index < -0.39 is 6.29 Å². The number of halogens is 2.